The fourth-order valence-electron chi connectivity index (χ4n) is 2.08. The topological polar surface area (TPSA) is 73.1 Å². The van der Waals surface area contributed by atoms with Crippen LogP contribution in [0.2, 0.25) is 0 Å². The first-order valence-corrected chi connectivity index (χ1v) is 6.54. The Labute approximate surface area is 114 Å². The molecule has 0 spiro atoms. The molecule has 0 aliphatic carbocycles. The Morgan fingerprint density at radius 3 is 2.32 bits per heavy atom. The predicted molar refractivity (Wildman–Crippen MR) is 73.8 cm³/mol. The van der Waals surface area contributed by atoms with Gasteiger partial charge in [-0.05, 0) is 31.5 Å². The summed E-state index contributed by atoms with van der Waals surface area (Å²) in [6.07, 6.45) is 2.07. The molecule has 0 radical (unpaired) electrons. The summed E-state index contributed by atoms with van der Waals surface area (Å²) in [5.41, 5.74) is 0.927. The Kier molecular flexibility index (Phi) is 6.04. The molecule has 1 heterocycles. The van der Waals surface area contributed by atoms with Gasteiger partial charge in [0.15, 0.2) is 0 Å². The normalized spacial score (nSPS) is 16.6. The van der Waals surface area contributed by atoms with E-state index in [-0.39, 0.29) is 11.8 Å². The Morgan fingerprint density at radius 2 is 1.89 bits per heavy atom. The van der Waals surface area contributed by atoms with E-state index in [4.69, 9.17) is 5.11 Å². The lowest BCUT2D eigenvalue weighted by Gasteiger charge is -2.31. The molecule has 0 unspecified atom stereocenters. The van der Waals surface area contributed by atoms with Crippen LogP contribution in [0.1, 0.15) is 31.7 Å². The van der Waals surface area contributed by atoms with Gasteiger partial charge in [0.05, 0.1) is 11.5 Å². The van der Waals surface area contributed by atoms with Crippen molar-refractivity contribution in [2.45, 2.75) is 31.6 Å². The van der Waals surface area contributed by atoms with Gasteiger partial charge in [0.25, 0.3) is 0 Å². The van der Waals surface area contributed by atoms with Crippen LogP contribution in [0.3, 0.4) is 0 Å². The summed E-state index contributed by atoms with van der Waals surface area (Å²) in [5, 5.41) is 20.3. The van der Waals surface area contributed by atoms with Crippen LogP contribution in [0, 0.1) is 11.3 Å². The minimum absolute atomic E-state index is 0.222. The second kappa shape index (κ2) is 7.55. The highest BCUT2D eigenvalue weighted by atomic mass is 16.4. The number of nitrogens with zero attached hydrogens (tertiary/aromatic N) is 1. The van der Waals surface area contributed by atoms with Gasteiger partial charge in [-0.25, -0.2) is 0 Å². The number of rotatable bonds is 2. The molecule has 0 aromatic heterocycles. The highest BCUT2D eigenvalue weighted by molar-refractivity contribution is 5.66. The molecular formula is C15H20N2O2. The molecular weight excluding hydrogens is 240 g/mol. The van der Waals surface area contributed by atoms with Crippen LogP contribution >= 0.6 is 0 Å². The van der Waals surface area contributed by atoms with Gasteiger partial charge in [0.2, 0.25) is 0 Å². The van der Waals surface area contributed by atoms with Crippen molar-refractivity contribution in [2.75, 3.05) is 13.1 Å². The first-order valence-electron chi connectivity index (χ1n) is 6.54. The van der Waals surface area contributed by atoms with Crippen LogP contribution in [0.5, 0.6) is 0 Å². The van der Waals surface area contributed by atoms with Gasteiger partial charge in [0, 0.05) is 6.42 Å². The van der Waals surface area contributed by atoms with E-state index < -0.39 is 5.97 Å². The SMILES string of the molecule is CCC(=O)O.N#CC1(c2ccccc2)CCNCC1. The predicted octanol–water partition coefficient (Wildman–Crippen LogP) is 2.31. The molecule has 0 amide bonds. The molecule has 2 rings (SSSR count). The number of nitrogens with one attached hydrogen (secondary N) is 1. The first kappa shape index (κ1) is 15.2. The van der Waals surface area contributed by atoms with E-state index in [0.29, 0.717) is 0 Å². The highest BCUT2D eigenvalue weighted by Crippen LogP contribution is 2.32. The van der Waals surface area contributed by atoms with Gasteiger partial charge in [-0.2, -0.15) is 5.26 Å². The van der Waals surface area contributed by atoms with Crippen LogP contribution in [0.15, 0.2) is 30.3 Å². The molecule has 0 atom stereocenters. The summed E-state index contributed by atoms with van der Waals surface area (Å²) in [4.78, 5) is 9.37. The van der Waals surface area contributed by atoms with Gasteiger partial charge in [-0.3, -0.25) is 4.79 Å². The quantitative estimate of drug-likeness (QED) is 0.855. The van der Waals surface area contributed by atoms with E-state index in [0.717, 1.165) is 25.9 Å². The lowest BCUT2D eigenvalue weighted by Crippen LogP contribution is -2.38. The number of nitriles is 1. The fourth-order valence-corrected chi connectivity index (χ4v) is 2.08. The molecule has 1 saturated heterocycles. The number of hydrogen-bond acceptors (Lipinski definition) is 3. The molecule has 102 valence electrons. The van der Waals surface area contributed by atoms with Gasteiger partial charge < -0.3 is 10.4 Å². The number of piperidine rings is 1. The van der Waals surface area contributed by atoms with Crippen molar-refractivity contribution in [1.29, 1.82) is 5.26 Å². The van der Waals surface area contributed by atoms with Crippen molar-refractivity contribution in [2.24, 2.45) is 0 Å². The fraction of sp³-hybridized carbons (Fsp3) is 0.467. The number of carboxylic acids is 1. The largest absolute Gasteiger partial charge is 0.481 e. The third-order valence-electron chi connectivity index (χ3n) is 3.30. The maximum atomic E-state index is 9.37. The summed E-state index contributed by atoms with van der Waals surface area (Å²) in [7, 11) is 0. The summed E-state index contributed by atoms with van der Waals surface area (Å²) >= 11 is 0. The number of benzene rings is 1. The van der Waals surface area contributed by atoms with E-state index in [2.05, 4.69) is 23.5 Å². The summed E-state index contributed by atoms with van der Waals surface area (Å²) < 4.78 is 0. The van der Waals surface area contributed by atoms with Crippen molar-refractivity contribution in [3.05, 3.63) is 35.9 Å². The third-order valence-corrected chi connectivity index (χ3v) is 3.30. The zero-order valence-electron chi connectivity index (χ0n) is 11.2. The van der Waals surface area contributed by atoms with E-state index >= 15 is 0 Å². The summed E-state index contributed by atoms with van der Waals surface area (Å²) in [5.74, 6) is -0.745. The number of hydrogen-bond donors (Lipinski definition) is 2. The van der Waals surface area contributed by atoms with Gasteiger partial charge in [0.1, 0.15) is 0 Å². The van der Waals surface area contributed by atoms with Gasteiger partial charge in [-0.15, -0.1) is 0 Å². The van der Waals surface area contributed by atoms with Crippen LogP contribution < -0.4 is 5.32 Å². The molecule has 1 aromatic rings. The molecule has 4 heteroatoms. The molecule has 0 saturated carbocycles. The Morgan fingerprint density at radius 1 is 1.37 bits per heavy atom. The van der Waals surface area contributed by atoms with Crippen LogP contribution in [0.25, 0.3) is 0 Å². The summed E-state index contributed by atoms with van der Waals surface area (Å²) in [6, 6.07) is 12.6. The molecule has 1 aliphatic rings. The highest BCUT2D eigenvalue weighted by Gasteiger charge is 2.33. The van der Waals surface area contributed by atoms with E-state index in [1.807, 2.05) is 18.2 Å². The lowest BCUT2D eigenvalue weighted by molar-refractivity contribution is -0.136. The molecule has 1 aliphatic heterocycles. The van der Waals surface area contributed by atoms with Gasteiger partial charge >= 0.3 is 5.97 Å². The second-order valence-electron chi connectivity index (χ2n) is 4.56. The Bertz CT molecular complexity index is 431. The second-order valence-corrected chi connectivity index (χ2v) is 4.56. The zero-order chi connectivity index (χ0) is 14.1. The standard InChI is InChI=1S/C12H14N2.C3H6O2/c13-10-12(6-8-14-9-7-12)11-4-2-1-3-5-11;1-2-3(4)5/h1-5,14H,6-9H2;2H2,1H3,(H,4,5). The molecule has 4 nitrogen and oxygen atoms in total. The Hall–Kier alpha value is -1.86. The van der Waals surface area contributed by atoms with E-state index in [9.17, 15) is 10.1 Å². The average molecular weight is 260 g/mol. The van der Waals surface area contributed by atoms with Crippen LogP contribution in [0.4, 0.5) is 0 Å². The smallest absolute Gasteiger partial charge is 0.303 e. The zero-order valence-corrected chi connectivity index (χ0v) is 11.2. The number of carboxylic acid groups (broad SMARTS) is 1. The molecule has 19 heavy (non-hydrogen) atoms. The maximum Gasteiger partial charge on any atom is 0.303 e. The monoisotopic (exact) mass is 260 g/mol. The van der Waals surface area contributed by atoms with Crippen LogP contribution in [-0.2, 0) is 10.2 Å². The maximum absolute atomic E-state index is 9.37. The van der Waals surface area contributed by atoms with Crippen molar-refractivity contribution < 1.29 is 9.90 Å². The van der Waals surface area contributed by atoms with Crippen molar-refractivity contribution in [3.63, 3.8) is 0 Å². The number of aliphatic carboxylic acids is 1. The van der Waals surface area contributed by atoms with Crippen molar-refractivity contribution in [1.82, 2.24) is 5.32 Å². The number of carbonyl (C=O) groups is 1. The van der Waals surface area contributed by atoms with E-state index in [1.165, 1.54) is 5.56 Å². The van der Waals surface area contributed by atoms with Gasteiger partial charge in [-0.1, -0.05) is 37.3 Å². The Balaban J connectivity index is 0.000000312. The molecule has 0 bridgehead atoms. The molecule has 1 fully saturated rings. The molecule has 2 N–H and O–H groups in total. The van der Waals surface area contributed by atoms with Crippen LogP contribution in [-0.4, -0.2) is 24.2 Å². The van der Waals surface area contributed by atoms with Crippen molar-refractivity contribution >= 4 is 5.97 Å². The minimum Gasteiger partial charge on any atom is -0.481 e. The average Bonchev–Trinajstić information content (AvgIpc) is 2.49. The third kappa shape index (κ3) is 4.38. The minimum atomic E-state index is -0.745. The lowest BCUT2D eigenvalue weighted by atomic mass is 9.74. The molecule has 1 aromatic carbocycles. The van der Waals surface area contributed by atoms with E-state index in [1.54, 1.807) is 6.92 Å². The first-order chi connectivity index (χ1) is 9.14. The van der Waals surface area contributed by atoms with Crippen molar-refractivity contribution in [3.8, 4) is 6.07 Å². The summed E-state index contributed by atoms with van der Waals surface area (Å²) in [6.45, 7) is 3.49.